The van der Waals surface area contributed by atoms with Crippen LogP contribution in [0.2, 0.25) is 0 Å². The van der Waals surface area contributed by atoms with Crippen LogP contribution in [0.1, 0.15) is 18.2 Å². The van der Waals surface area contributed by atoms with Gasteiger partial charge >= 0.3 is 5.97 Å². The molecule has 0 amide bonds. The maximum atomic E-state index is 10.8. The van der Waals surface area contributed by atoms with E-state index >= 15 is 0 Å². The maximum Gasteiger partial charge on any atom is 0.351 e. The molecule has 120 valence electrons. The second kappa shape index (κ2) is 6.87. The summed E-state index contributed by atoms with van der Waals surface area (Å²) in [6.07, 6.45) is 0.673. The second-order valence-electron chi connectivity index (χ2n) is 5.32. The van der Waals surface area contributed by atoms with Gasteiger partial charge in [0, 0.05) is 17.2 Å². The van der Waals surface area contributed by atoms with E-state index in [0.717, 1.165) is 22.0 Å². The number of fused-ring (bicyclic) bond motifs is 1. The van der Waals surface area contributed by atoms with Crippen LogP contribution in [0.3, 0.4) is 0 Å². The predicted octanol–water partition coefficient (Wildman–Crippen LogP) is 3.09. The minimum Gasteiger partial charge on any atom is -0.477 e. The monoisotopic (exact) mass is 320 g/mol. The van der Waals surface area contributed by atoms with Gasteiger partial charge in [0.25, 0.3) is 0 Å². The van der Waals surface area contributed by atoms with E-state index in [2.05, 4.69) is 20.7 Å². The lowest BCUT2D eigenvalue weighted by molar-refractivity contribution is -0.129. The highest BCUT2D eigenvalue weighted by Gasteiger charge is 2.10. The summed E-state index contributed by atoms with van der Waals surface area (Å²) in [4.78, 5) is 10.8. The Morgan fingerprint density at radius 3 is 2.42 bits per heavy atom. The first-order valence-electron chi connectivity index (χ1n) is 7.47. The molecule has 0 saturated heterocycles. The van der Waals surface area contributed by atoms with E-state index in [9.17, 15) is 4.79 Å². The number of aromatic nitrogens is 2. The van der Waals surface area contributed by atoms with Crippen molar-refractivity contribution in [3.05, 3.63) is 65.9 Å². The van der Waals surface area contributed by atoms with Gasteiger partial charge in [0.05, 0.1) is 5.69 Å². The third kappa shape index (κ3) is 3.38. The number of hydrogen-bond donors (Lipinski definition) is 2. The van der Waals surface area contributed by atoms with Crippen molar-refractivity contribution in [1.29, 1.82) is 0 Å². The normalized spacial score (nSPS) is 11.5. The van der Waals surface area contributed by atoms with Crippen molar-refractivity contribution in [1.82, 2.24) is 10.2 Å². The number of benzene rings is 2. The molecule has 0 atom stereocenters. The van der Waals surface area contributed by atoms with Crippen molar-refractivity contribution < 1.29 is 9.90 Å². The molecule has 2 aromatic carbocycles. The Morgan fingerprint density at radius 2 is 1.71 bits per heavy atom. The van der Waals surface area contributed by atoms with E-state index in [1.54, 1.807) is 0 Å². The highest BCUT2D eigenvalue weighted by molar-refractivity contribution is 6.34. The van der Waals surface area contributed by atoms with Gasteiger partial charge in [-0.25, -0.2) is 4.79 Å². The van der Waals surface area contributed by atoms with Gasteiger partial charge in [0.15, 0.2) is 5.82 Å². The van der Waals surface area contributed by atoms with Gasteiger partial charge in [-0.2, -0.15) is 10.2 Å². The highest BCUT2D eigenvalue weighted by Crippen LogP contribution is 2.24. The minimum atomic E-state index is -1.08. The lowest BCUT2D eigenvalue weighted by Crippen LogP contribution is -2.11. The molecule has 3 rings (SSSR count). The van der Waals surface area contributed by atoms with Crippen LogP contribution in [0.4, 0.5) is 5.82 Å². The molecule has 0 saturated carbocycles. The SMILES string of the molecule is C/C(=N\Nc1nnc(Cc2ccccc2)c2ccccc12)C(=O)O. The molecule has 2 N–H and O–H groups in total. The van der Waals surface area contributed by atoms with Gasteiger partial charge in [-0.15, -0.1) is 5.10 Å². The first kappa shape index (κ1) is 15.6. The van der Waals surface area contributed by atoms with Crippen molar-refractivity contribution in [2.75, 3.05) is 5.43 Å². The predicted molar refractivity (Wildman–Crippen MR) is 93.2 cm³/mol. The minimum absolute atomic E-state index is 0.0470. The van der Waals surface area contributed by atoms with Gasteiger partial charge in [-0.1, -0.05) is 54.6 Å². The van der Waals surface area contributed by atoms with Crippen LogP contribution >= 0.6 is 0 Å². The van der Waals surface area contributed by atoms with Gasteiger partial charge in [0.2, 0.25) is 0 Å². The molecule has 0 aliphatic carbocycles. The number of rotatable bonds is 5. The molecule has 1 heterocycles. The number of aliphatic carboxylic acids is 1. The zero-order valence-electron chi connectivity index (χ0n) is 13.1. The number of nitrogens with one attached hydrogen (secondary N) is 1. The molecule has 0 aliphatic rings. The molecule has 0 aliphatic heterocycles. The molecule has 0 spiro atoms. The topological polar surface area (TPSA) is 87.5 Å². The Morgan fingerprint density at radius 1 is 1.04 bits per heavy atom. The van der Waals surface area contributed by atoms with Gasteiger partial charge in [0.1, 0.15) is 5.71 Å². The van der Waals surface area contributed by atoms with Crippen LogP contribution in [-0.2, 0) is 11.2 Å². The van der Waals surface area contributed by atoms with Crippen molar-refractivity contribution in [2.24, 2.45) is 5.10 Å². The Labute approximate surface area is 138 Å². The lowest BCUT2D eigenvalue weighted by Gasteiger charge is -2.09. The van der Waals surface area contributed by atoms with E-state index in [1.165, 1.54) is 6.92 Å². The first-order valence-corrected chi connectivity index (χ1v) is 7.47. The van der Waals surface area contributed by atoms with Gasteiger partial charge < -0.3 is 5.11 Å². The van der Waals surface area contributed by atoms with Crippen molar-refractivity contribution >= 4 is 28.3 Å². The van der Waals surface area contributed by atoms with Crippen LogP contribution < -0.4 is 5.43 Å². The van der Waals surface area contributed by atoms with E-state index in [4.69, 9.17) is 5.11 Å². The fraction of sp³-hybridized carbons (Fsp3) is 0.111. The molecule has 24 heavy (non-hydrogen) atoms. The Kier molecular flexibility index (Phi) is 4.47. The van der Waals surface area contributed by atoms with Crippen molar-refractivity contribution in [2.45, 2.75) is 13.3 Å². The molecule has 3 aromatic rings. The lowest BCUT2D eigenvalue weighted by atomic mass is 10.0. The number of hydrazone groups is 1. The summed E-state index contributed by atoms with van der Waals surface area (Å²) in [6.45, 7) is 1.41. The second-order valence-corrected chi connectivity index (χ2v) is 5.32. The highest BCUT2D eigenvalue weighted by atomic mass is 16.4. The standard InChI is InChI=1S/C18H16N4O2/c1-12(18(23)24)19-21-17-15-10-6-5-9-14(15)16(20-22-17)11-13-7-3-2-4-8-13/h2-10H,11H2,1H3,(H,21,22)(H,23,24)/b19-12+. The van der Waals surface area contributed by atoms with E-state index in [-0.39, 0.29) is 5.71 Å². The Bertz CT molecular complexity index is 907. The number of hydrogen-bond acceptors (Lipinski definition) is 5. The summed E-state index contributed by atoms with van der Waals surface area (Å²) >= 11 is 0. The summed E-state index contributed by atoms with van der Waals surface area (Å²) in [7, 11) is 0. The molecule has 0 unspecified atom stereocenters. The summed E-state index contributed by atoms with van der Waals surface area (Å²) in [6, 6.07) is 17.8. The average Bonchev–Trinajstić information content (AvgIpc) is 2.61. The molecule has 0 fully saturated rings. The first-order chi connectivity index (χ1) is 11.6. The van der Waals surface area contributed by atoms with E-state index in [0.29, 0.717) is 12.2 Å². The number of carboxylic acids is 1. The number of carboxylic acid groups (broad SMARTS) is 1. The Hall–Kier alpha value is -3.28. The average molecular weight is 320 g/mol. The van der Waals surface area contributed by atoms with Crippen molar-refractivity contribution in [3.63, 3.8) is 0 Å². The number of anilines is 1. The maximum absolute atomic E-state index is 10.8. The van der Waals surface area contributed by atoms with Crippen LogP contribution in [-0.4, -0.2) is 27.0 Å². The summed E-state index contributed by atoms with van der Waals surface area (Å²) in [5.41, 5.74) is 4.66. The van der Waals surface area contributed by atoms with Crippen LogP contribution in [0, 0.1) is 0 Å². The largest absolute Gasteiger partial charge is 0.477 e. The van der Waals surface area contributed by atoms with Crippen LogP contribution in [0.5, 0.6) is 0 Å². The summed E-state index contributed by atoms with van der Waals surface area (Å²) < 4.78 is 0. The molecule has 1 aromatic heterocycles. The zero-order chi connectivity index (χ0) is 16.9. The van der Waals surface area contributed by atoms with Gasteiger partial charge in [-0.05, 0) is 12.5 Å². The summed E-state index contributed by atoms with van der Waals surface area (Å²) in [5, 5.41) is 23.0. The smallest absolute Gasteiger partial charge is 0.351 e. The fourth-order valence-corrected chi connectivity index (χ4v) is 2.35. The Balaban J connectivity index is 1.98. The van der Waals surface area contributed by atoms with Crippen molar-refractivity contribution in [3.8, 4) is 0 Å². The van der Waals surface area contributed by atoms with Crippen LogP contribution in [0.25, 0.3) is 10.8 Å². The van der Waals surface area contributed by atoms with Crippen LogP contribution in [0.15, 0.2) is 59.7 Å². The van der Waals surface area contributed by atoms with E-state index in [1.807, 2.05) is 54.6 Å². The molecular weight excluding hydrogens is 304 g/mol. The van der Waals surface area contributed by atoms with Gasteiger partial charge in [-0.3, -0.25) is 5.43 Å². The molecule has 0 radical (unpaired) electrons. The molecule has 6 nitrogen and oxygen atoms in total. The number of nitrogens with zero attached hydrogens (tertiary/aromatic N) is 3. The summed E-state index contributed by atoms with van der Waals surface area (Å²) in [5.74, 6) is -0.650. The third-order valence-corrected chi connectivity index (χ3v) is 3.62. The molecule has 0 bridgehead atoms. The fourth-order valence-electron chi connectivity index (χ4n) is 2.35. The number of carbonyl (C=O) groups is 1. The molecular formula is C18H16N4O2. The quantitative estimate of drug-likeness (QED) is 0.557. The molecule has 6 heteroatoms. The third-order valence-electron chi connectivity index (χ3n) is 3.62. The van der Waals surface area contributed by atoms with E-state index < -0.39 is 5.97 Å². The zero-order valence-corrected chi connectivity index (χ0v) is 13.1.